The third-order valence-corrected chi connectivity index (χ3v) is 5.65. The highest BCUT2D eigenvalue weighted by atomic mass is 32.1. The van der Waals surface area contributed by atoms with Crippen molar-refractivity contribution < 1.29 is 9.47 Å². The van der Waals surface area contributed by atoms with Gasteiger partial charge in [0.05, 0.1) is 28.9 Å². The molecule has 0 bridgehead atoms. The van der Waals surface area contributed by atoms with E-state index in [0.29, 0.717) is 11.7 Å². The zero-order valence-corrected chi connectivity index (χ0v) is 15.9. The lowest BCUT2D eigenvalue weighted by molar-refractivity contribution is 0.294. The van der Waals surface area contributed by atoms with Crippen LogP contribution < -0.4 is 15.2 Å². The second kappa shape index (κ2) is 6.42. The van der Waals surface area contributed by atoms with E-state index in [1.54, 1.807) is 0 Å². The van der Waals surface area contributed by atoms with E-state index in [2.05, 4.69) is 27.8 Å². The molecule has 0 radical (unpaired) electrons. The summed E-state index contributed by atoms with van der Waals surface area (Å²) in [6, 6.07) is 10.2. The number of nitrogens with two attached hydrogens (primary N) is 1. The number of hydrogen-bond donors (Lipinski definition) is 1. The molecule has 0 atom stereocenters. The summed E-state index contributed by atoms with van der Waals surface area (Å²) in [5.41, 5.74) is 9.74. The first-order valence-corrected chi connectivity index (χ1v) is 10.0. The molecule has 0 saturated carbocycles. The van der Waals surface area contributed by atoms with E-state index in [-0.39, 0.29) is 0 Å². The van der Waals surface area contributed by atoms with E-state index in [1.807, 2.05) is 19.1 Å². The van der Waals surface area contributed by atoms with Crippen molar-refractivity contribution in [3.8, 4) is 22.9 Å². The molecule has 0 fully saturated rings. The molecule has 2 aromatic carbocycles. The van der Waals surface area contributed by atoms with Crippen LogP contribution in [0.1, 0.15) is 19.8 Å². The van der Waals surface area contributed by atoms with Gasteiger partial charge in [-0.1, -0.05) is 11.3 Å². The van der Waals surface area contributed by atoms with Crippen molar-refractivity contribution >= 4 is 37.7 Å². The highest BCUT2D eigenvalue weighted by molar-refractivity contribution is 7.22. The summed E-state index contributed by atoms with van der Waals surface area (Å²) in [5, 5.41) is 0.585. The van der Waals surface area contributed by atoms with Gasteiger partial charge in [0, 0.05) is 24.2 Å². The number of aryl methyl sites for hydroxylation is 1. The summed E-state index contributed by atoms with van der Waals surface area (Å²) in [4.78, 5) is 9.37. The number of nitrogen functional groups attached to an aromatic ring is 1. The van der Waals surface area contributed by atoms with E-state index < -0.39 is 0 Å². The van der Waals surface area contributed by atoms with Crippen LogP contribution >= 0.6 is 11.3 Å². The number of benzene rings is 2. The SMILES string of the molecule is CCOc1cc2c3c(c1)nc(-c1ccc4sc(N)nc4c1)n3CCCCO2. The largest absolute Gasteiger partial charge is 0.494 e. The molecule has 1 aliphatic heterocycles. The van der Waals surface area contributed by atoms with Gasteiger partial charge < -0.3 is 19.8 Å². The van der Waals surface area contributed by atoms with Gasteiger partial charge in [-0.3, -0.25) is 0 Å². The normalized spacial score (nSPS) is 14.1. The quantitative estimate of drug-likeness (QED) is 0.568. The summed E-state index contributed by atoms with van der Waals surface area (Å²) < 4.78 is 15.1. The first-order chi connectivity index (χ1) is 13.2. The van der Waals surface area contributed by atoms with Crippen LogP contribution in [0.25, 0.3) is 32.6 Å². The molecule has 0 unspecified atom stereocenters. The topological polar surface area (TPSA) is 75.2 Å². The predicted octanol–water partition coefficient (Wildman–Crippen LogP) is 4.47. The Morgan fingerprint density at radius 1 is 1.19 bits per heavy atom. The second-order valence-corrected chi connectivity index (χ2v) is 7.66. The van der Waals surface area contributed by atoms with Crippen molar-refractivity contribution in [2.24, 2.45) is 0 Å². The molecule has 0 amide bonds. The van der Waals surface area contributed by atoms with Crippen LogP contribution in [0.15, 0.2) is 30.3 Å². The number of thiazole rings is 1. The number of rotatable bonds is 3. The summed E-state index contributed by atoms with van der Waals surface area (Å²) in [5.74, 6) is 2.56. The zero-order valence-electron chi connectivity index (χ0n) is 15.1. The number of anilines is 1. The standard InChI is InChI=1S/C20H20N4O2S/c1-2-25-13-10-15-18-16(11-13)26-8-4-3-7-24(18)19(22-15)12-5-6-17-14(9-12)23-20(21)27-17/h5-6,9-11H,2-4,7-8H2,1H3,(H2,21,23). The smallest absolute Gasteiger partial charge is 0.181 e. The van der Waals surface area contributed by atoms with Crippen LogP contribution in [-0.2, 0) is 6.54 Å². The van der Waals surface area contributed by atoms with Crippen molar-refractivity contribution in [1.29, 1.82) is 0 Å². The monoisotopic (exact) mass is 380 g/mol. The van der Waals surface area contributed by atoms with Gasteiger partial charge in [-0.2, -0.15) is 0 Å². The van der Waals surface area contributed by atoms with Crippen LogP contribution in [0.3, 0.4) is 0 Å². The lowest BCUT2D eigenvalue weighted by Crippen LogP contribution is -2.09. The number of aromatic nitrogens is 3. The molecule has 6 nitrogen and oxygen atoms in total. The zero-order chi connectivity index (χ0) is 18.4. The Hall–Kier alpha value is -2.80. The van der Waals surface area contributed by atoms with Crippen LogP contribution in [0.2, 0.25) is 0 Å². The molecule has 2 aromatic heterocycles. The van der Waals surface area contributed by atoms with Gasteiger partial charge in [0.25, 0.3) is 0 Å². The molecule has 0 saturated heterocycles. The Bertz CT molecular complexity index is 1150. The first-order valence-electron chi connectivity index (χ1n) is 9.19. The number of fused-ring (bicyclic) bond motifs is 1. The molecular formula is C20H20N4O2S. The minimum absolute atomic E-state index is 0.585. The highest BCUT2D eigenvalue weighted by Crippen LogP contribution is 2.37. The highest BCUT2D eigenvalue weighted by Gasteiger charge is 2.20. The molecule has 4 aromatic rings. The van der Waals surface area contributed by atoms with Crippen molar-refractivity contribution in [2.45, 2.75) is 26.3 Å². The predicted molar refractivity (Wildman–Crippen MR) is 109 cm³/mol. The van der Waals surface area contributed by atoms with Gasteiger partial charge in [-0.15, -0.1) is 0 Å². The number of ether oxygens (including phenoxy) is 2. The van der Waals surface area contributed by atoms with Crippen molar-refractivity contribution in [2.75, 3.05) is 18.9 Å². The molecule has 0 aliphatic carbocycles. The first kappa shape index (κ1) is 16.4. The second-order valence-electron chi connectivity index (χ2n) is 6.60. The number of imidazole rings is 1. The summed E-state index contributed by atoms with van der Waals surface area (Å²) in [7, 11) is 0. The van der Waals surface area contributed by atoms with E-state index in [0.717, 1.165) is 70.1 Å². The van der Waals surface area contributed by atoms with Crippen molar-refractivity contribution in [3.63, 3.8) is 0 Å². The van der Waals surface area contributed by atoms with Crippen LogP contribution in [-0.4, -0.2) is 27.7 Å². The maximum Gasteiger partial charge on any atom is 0.181 e. The maximum absolute atomic E-state index is 6.04. The van der Waals surface area contributed by atoms with Gasteiger partial charge in [0.15, 0.2) is 5.13 Å². The fourth-order valence-corrected chi connectivity index (χ4v) is 4.36. The Labute approximate surface area is 160 Å². The molecule has 1 aliphatic rings. The van der Waals surface area contributed by atoms with Crippen LogP contribution in [0.4, 0.5) is 5.13 Å². The fraction of sp³-hybridized carbons (Fsp3) is 0.300. The Morgan fingerprint density at radius 3 is 3.00 bits per heavy atom. The molecule has 27 heavy (non-hydrogen) atoms. The van der Waals surface area contributed by atoms with Crippen molar-refractivity contribution in [1.82, 2.24) is 14.5 Å². The van der Waals surface area contributed by atoms with Crippen LogP contribution in [0, 0.1) is 0 Å². The minimum atomic E-state index is 0.585. The number of nitrogens with zero attached hydrogens (tertiary/aromatic N) is 3. The van der Waals surface area contributed by atoms with E-state index in [9.17, 15) is 0 Å². The van der Waals surface area contributed by atoms with Crippen LogP contribution in [0.5, 0.6) is 11.5 Å². The molecule has 7 heteroatoms. The Morgan fingerprint density at radius 2 is 2.11 bits per heavy atom. The summed E-state index contributed by atoms with van der Waals surface area (Å²) >= 11 is 1.50. The van der Waals surface area contributed by atoms with Gasteiger partial charge in [0.2, 0.25) is 0 Å². The molecule has 3 heterocycles. The number of hydrogen-bond acceptors (Lipinski definition) is 6. The van der Waals surface area contributed by atoms with Gasteiger partial charge in [-0.25, -0.2) is 9.97 Å². The minimum Gasteiger partial charge on any atom is -0.494 e. The van der Waals surface area contributed by atoms with Gasteiger partial charge >= 0.3 is 0 Å². The average molecular weight is 380 g/mol. The molecular weight excluding hydrogens is 360 g/mol. The maximum atomic E-state index is 6.04. The summed E-state index contributed by atoms with van der Waals surface area (Å²) in [6.07, 6.45) is 2.07. The molecule has 0 spiro atoms. The van der Waals surface area contributed by atoms with E-state index in [1.165, 1.54) is 11.3 Å². The lowest BCUT2D eigenvalue weighted by Gasteiger charge is -2.17. The lowest BCUT2D eigenvalue weighted by atomic mass is 10.2. The third kappa shape index (κ3) is 2.78. The summed E-state index contributed by atoms with van der Waals surface area (Å²) in [6.45, 7) is 4.22. The van der Waals surface area contributed by atoms with E-state index >= 15 is 0 Å². The fourth-order valence-electron chi connectivity index (χ4n) is 3.64. The van der Waals surface area contributed by atoms with Gasteiger partial charge in [-0.05, 0) is 38.0 Å². The van der Waals surface area contributed by atoms with Crippen molar-refractivity contribution in [3.05, 3.63) is 30.3 Å². The Kier molecular flexibility index (Phi) is 3.89. The average Bonchev–Trinajstić information content (AvgIpc) is 3.18. The molecule has 138 valence electrons. The molecule has 5 rings (SSSR count). The van der Waals surface area contributed by atoms with E-state index in [4.69, 9.17) is 20.2 Å². The Balaban J connectivity index is 1.74. The molecule has 2 N–H and O–H groups in total. The van der Waals surface area contributed by atoms with Gasteiger partial charge in [0.1, 0.15) is 22.8 Å². The third-order valence-electron chi connectivity index (χ3n) is 4.79.